The fraction of sp³-hybridized carbons (Fsp3) is 0.812. The zero-order valence-electron chi connectivity index (χ0n) is 13.9. The minimum Gasteiger partial charge on any atom is -0.481 e. The molecule has 1 rings (SSSR count). The normalized spacial score (nSPS) is 19.4. The highest BCUT2D eigenvalue weighted by molar-refractivity contribution is 5.79. The average Bonchev–Trinajstić information content (AvgIpc) is 2.46. The second-order valence-corrected chi connectivity index (χ2v) is 6.24. The molecule has 0 aromatic carbocycles. The summed E-state index contributed by atoms with van der Waals surface area (Å²) in [6.07, 6.45) is 3.78. The van der Waals surface area contributed by atoms with Crippen molar-refractivity contribution in [1.82, 2.24) is 0 Å². The van der Waals surface area contributed by atoms with Gasteiger partial charge in [0.05, 0.1) is 6.42 Å². The molecule has 0 aromatic rings. The number of nitrogens with two attached hydrogens (primary N) is 1. The lowest BCUT2D eigenvalue weighted by atomic mass is 9.67. The summed E-state index contributed by atoms with van der Waals surface area (Å²) in [4.78, 5) is 34.6. The number of rotatable bonds is 8. The first-order valence-electron chi connectivity index (χ1n) is 8.16. The van der Waals surface area contributed by atoms with Crippen molar-refractivity contribution in [3.8, 4) is 0 Å². The van der Waals surface area contributed by atoms with E-state index >= 15 is 0 Å². The van der Waals surface area contributed by atoms with E-state index in [0.717, 1.165) is 19.3 Å². The van der Waals surface area contributed by atoms with Gasteiger partial charge in [0.2, 0.25) is 6.29 Å². The third-order valence-corrected chi connectivity index (χ3v) is 4.34. The Bertz CT molecular complexity index is 430. The Morgan fingerprint density at radius 3 is 2.26 bits per heavy atom. The van der Waals surface area contributed by atoms with E-state index in [-0.39, 0.29) is 6.42 Å². The van der Waals surface area contributed by atoms with E-state index in [1.165, 1.54) is 6.92 Å². The minimum atomic E-state index is -1.03. The number of carboxylic acid groups (broad SMARTS) is 1. The van der Waals surface area contributed by atoms with Gasteiger partial charge in [-0.05, 0) is 19.3 Å². The van der Waals surface area contributed by atoms with Crippen LogP contribution < -0.4 is 5.73 Å². The van der Waals surface area contributed by atoms with Gasteiger partial charge in [-0.15, -0.1) is 0 Å². The molecule has 0 spiro atoms. The molecule has 3 N–H and O–H groups in total. The van der Waals surface area contributed by atoms with Gasteiger partial charge in [0.1, 0.15) is 6.04 Å². The zero-order chi connectivity index (χ0) is 17.5. The maximum Gasteiger partial charge on any atom is 0.326 e. The topological polar surface area (TPSA) is 116 Å². The first kappa shape index (κ1) is 19.4. The molecule has 7 heteroatoms. The smallest absolute Gasteiger partial charge is 0.326 e. The van der Waals surface area contributed by atoms with Crippen LogP contribution in [-0.2, 0) is 23.9 Å². The number of ether oxygens (including phenoxy) is 2. The van der Waals surface area contributed by atoms with Crippen LogP contribution in [0.2, 0.25) is 0 Å². The van der Waals surface area contributed by atoms with Crippen molar-refractivity contribution in [3.05, 3.63) is 0 Å². The first-order valence-corrected chi connectivity index (χ1v) is 8.16. The van der Waals surface area contributed by atoms with Gasteiger partial charge >= 0.3 is 17.9 Å². The summed E-state index contributed by atoms with van der Waals surface area (Å²) in [5.41, 5.74) is 5.29. The molecule has 1 aliphatic carbocycles. The fourth-order valence-electron chi connectivity index (χ4n) is 3.17. The van der Waals surface area contributed by atoms with Gasteiger partial charge in [-0.25, -0.2) is 0 Å². The lowest BCUT2D eigenvalue weighted by Crippen LogP contribution is -2.51. The Kier molecular flexibility index (Phi) is 7.48. The number of esters is 2. The number of aliphatic carboxylic acids is 1. The van der Waals surface area contributed by atoms with Crippen molar-refractivity contribution < 1.29 is 29.0 Å². The van der Waals surface area contributed by atoms with Crippen LogP contribution >= 0.6 is 0 Å². The summed E-state index contributed by atoms with van der Waals surface area (Å²) >= 11 is 0. The van der Waals surface area contributed by atoms with Crippen molar-refractivity contribution >= 4 is 17.9 Å². The quantitative estimate of drug-likeness (QED) is 0.516. The molecule has 1 saturated carbocycles. The Balaban J connectivity index is 2.80. The molecule has 0 heterocycles. The van der Waals surface area contributed by atoms with Crippen LogP contribution in [0.1, 0.15) is 65.2 Å². The van der Waals surface area contributed by atoms with Crippen LogP contribution in [0.25, 0.3) is 0 Å². The molecule has 7 nitrogen and oxygen atoms in total. The summed E-state index contributed by atoms with van der Waals surface area (Å²) in [5, 5.41) is 9.17. The highest BCUT2D eigenvalue weighted by atomic mass is 16.7. The predicted octanol–water partition coefficient (Wildman–Crippen LogP) is 1.97. The zero-order valence-corrected chi connectivity index (χ0v) is 13.9. The van der Waals surface area contributed by atoms with E-state index in [0.29, 0.717) is 25.7 Å². The van der Waals surface area contributed by atoms with Crippen molar-refractivity contribution in [3.63, 3.8) is 0 Å². The molecule has 0 aromatic heterocycles. The molecule has 0 saturated heterocycles. The monoisotopic (exact) mass is 329 g/mol. The number of carbonyl (C=O) groups excluding carboxylic acids is 2. The van der Waals surface area contributed by atoms with Crippen LogP contribution in [0.15, 0.2) is 0 Å². The van der Waals surface area contributed by atoms with Gasteiger partial charge in [-0.2, -0.15) is 0 Å². The molecule has 0 aliphatic heterocycles. The highest BCUT2D eigenvalue weighted by Crippen LogP contribution is 2.42. The SMILES string of the molecule is CCCC(OC(C)=O)OC(=O)C(N)C1(CC(=O)O)CCCCC1. The largest absolute Gasteiger partial charge is 0.481 e. The summed E-state index contributed by atoms with van der Waals surface area (Å²) < 4.78 is 10.2. The summed E-state index contributed by atoms with van der Waals surface area (Å²) in [6, 6.07) is -1.03. The number of carboxylic acids is 1. The summed E-state index contributed by atoms with van der Waals surface area (Å²) in [7, 11) is 0. The number of hydrogen-bond acceptors (Lipinski definition) is 6. The maximum absolute atomic E-state index is 12.4. The molecule has 2 unspecified atom stereocenters. The average molecular weight is 329 g/mol. The van der Waals surface area contributed by atoms with Crippen LogP contribution in [0.3, 0.4) is 0 Å². The molecule has 0 amide bonds. The summed E-state index contributed by atoms with van der Waals surface area (Å²) in [6.45, 7) is 3.11. The Labute approximate surface area is 136 Å². The van der Waals surface area contributed by atoms with Crippen molar-refractivity contribution in [2.24, 2.45) is 11.1 Å². The molecule has 0 bridgehead atoms. The van der Waals surface area contributed by atoms with Crippen molar-refractivity contribution in [1.29, 1.82) is 0 Å². The molecular formula is C16H27NO6. The lowest BCUT2D eigenvalue weighted by Gasteiger charge is -2.39. The van der Waals surface area contributed by atoms with Crippen LogP contribution in [0.5, 0.6) is 0 Å². The molecule has 1 aliphatic rings. The van der Waals surface area contributed by atoms with Gasteiger partial charge in [-0.3, -0.25) is 14.4 Å². The lowest BCUT2D eigenvalue weighted by molar-refractivity contribution is -0.191. The van der Waals surface area contributed by atoms with Gasteiger partial charge in [0.15, 0.2) is 0 Å². The molecule has 0 radical (unpaired) electrons. The van der Waals surface area contributed by atoms with Crippen LogP contribution in [-0.4, -0.2) is 35.3 Å². The van der Waals surface area contributed by atoms with E-state index < -0.39 is 35.7 Å². The maximum atomic E-state index is 12.4. The molecule has 132 valence electrons. The third-order valence-electron chi connectivity index (χ3n) is 4.34. The second kappa shape index (κ2) is 8.86. The van der Waals surface area contributed by atoms with Gasteiger partial charge < -0.3 is 20.3 Å². The first-order chi connectivity index (χ1) is 10.8. The molecular weight excluding hydrogens is 302 g/mol. The molecule has 23 heavy (non-hydrogen) atoms. The van der Waals surface area contributed by atoms with Crippen molar-refractivity contribution in [2.75, 3.05) is 0 Å². The van der Waals surface area contributed by atoms with Crippen LogP contribution in [0.4, 0.5) is 0 Å². The summed E-state index contributed by atoms with van der Waals surface area (Å²) in [5.74, 6) is -2.21. The Morgan fingerprint density at radius 1 is 1.17 bits per heavy atom. The number of hydrogen-bond donors (Lipinski definition) is 2. The minimum absolute atomic E-state index is 0.157. The highest BCUT2D eigenvalue weighted by Gasteiger charge is 2.44. The molecule has 1 fully saturated rings. The Morgan fingerprint density at radius 2 is 1.78 bits per heavy atom. The van der Waals surface area contributed by atoms with E-state index in [4.69, 9.17) is 20.3 Å². The predicted molar refractivity (Wildman–Crippen MR) is 82.3 cm³/mol. The van der Waals surface area contributed by atoms with Crippen LogP contribution in [0, 0.1) is 5.41 Å². The van der Waals surface area contributed by atoms with E-state index in [9.17, 15) is 14.4 Å². The van der Waals surface area contributed by atoms with Gasteiger partial charge in [-0.1, -0.05) is 26.2 Å². The third kappa shape index (κ3) is 5.82. The van der Waals surface area contributed by atoms with Gasteiger partial charge in [0, 0.05) is 18.8 Å². The molecule has 2 atom stereocenters. The van der Waals surface area contributed by atoms with E-state index in [1.807, 2.05) is 6.92 Å². The number of carbonyl (C=O) groups is 3. The fourth-order valence-corrected chi connectivity index (χ4v) is 3.17. The van der Waals surface area contributed by atoms with Gasteiger partial charge in [0.25, 0.3) is 0 Å². The Hall–Kier alpha value is -1.63. The van der Waals surface area contributed by atoms with E-state index in [2.05, 4.69) is 0 Å². The van der Waals surface area contributed by atoms with E-state index in [1.54, 1.807) is 0 Å². The van der Waals surface area contributed by atoms with Crippen molar-refractivity contribution in [2.45, 2.75) is 77.5 Å². The second-order valence-electron chi connectivity index (χ2n) is 6.24. The standard InChI is InChI=1S/C16H27NO6/c1-3-7-13(22-11(2)18)23-15(21)14(17)16(10-12(19)20)8-5-4-6-9-16/h13-14H,3-10,17H2,1-2H3,(H,19,20).